The van der Waals surface area contributed by atoms with Crippen LogP contribution in [0.1, 0.15) is 38.6 Å². The molecule has 0 radical (unpaired) electrons. The average molecular weight is 435 g/mol. The Morgan fingerprint density at radius 2 is 1.94 bits per heavy atom. The molecule has 31 heavy (non-hydrogen) atoms. The van der Waals surface area contributed by atoms with Gasteiger partial charge in [-0.15, -0.1) is 11.3 Å². The minimum atomic E-state index is -0.00996. The summed E-state index contributed by atoms with van der Waals surface area (Å²) in [6, 6.07) is 19.8. The van der Waals surface area contributed by atoms with Gasteiger partial charge in [0.05, 0.1) is 17.6 Å². The molecule has 2 aromatic carbocycles. The van der Waals surface area contributed by atoms with Gasteiger partial charge in [-0.25, -0.2) is 0 Å². The lowest BCUT2D eigenvalue weighted by Gasteiger charge is -2.33. The maximum atomic E-state index is 12.1. The first-order valence-corrected chi connectivity index (χ1v) is 11.3. The lowest BCUT2D eigenvalue weighted by atomic mass is 9.99. The smallest absolute Gasteiger partial charge is 0.261 e. The predicted molar refractivity (Wildman–Crippen MR) is 124 cm³/mol. The van der Waals surface area contributed by atoms with Crippen LogP contribution in [0.25, 0.3) is 11.1 Å². The minimum absolute atomic E-state index is 0.00996. The van der Waals surface area contributed by atoms with Crippen molar-refractivity contribution in [3.63, 3.8) is 0 Å². The Bertz CT molecular complexity index is 1030. The van der Waals surface area contributed by atoms with Gasteiger partial charge in [0.25, 0.3) is 5.91 Å². The third kappa shape index (κ3) is 5.47. The van der Waals surface area contributed by atoms with Gasteiger partial charge in [0.2, 0.25) is 0 Å². The van der Waals surface area contributed by atoms with E-state index in [1.165, 1.54) is 11.3 Å². The number of nitrogens with one attached hydrogen (secondary N) is 1. The van der Waals surface area contributed by atoms with Gasteiger partial charge in [-0.05, 0) is 41.1 Å². The maximum Gasteiger partial charge on any atom is 0.261 e. The van der Waals surface area contributed by atoms with Crippen molar-refractivity contribution in [2.75, 3.05) is 32.8 Å². The summed E-state index contributed by atoms with van der Waals surface area (Å²) in [7, 11) is 0. The number of carbonyl (C=O) groups excluding carboxylic acids is 2. The summed E-state index contributed by atoms with van der Waals surface area (Å²) in [6.07, 6.45) is 0.0133. The summed E-state index contributed by atoms with van der Waals surface area (Å²) in [5, 5.41) is 4.90. The van der Waals surface area contributed by atoms with Crippen molar-refractivity contribution in [2.45, 2.75) is 13.0 Å². The van der Waals surface area contributed by atoms with Crippen molar-refractivity contribution >= 4 is 23.0 Å². The molecule has 5 nitrogen and oxygen atoms in total. The Morgan fingerprint density at radius 1 is 1.10 bits per heavy atom. The maximum absolute atomic E-state index is 12.1. The van der Waals surface area contributed by atoms with Gasteiger partial charge >= 0.3 is 0 Å². The molecular weight excluding hydrogens is 408 g/mol. The number of morpholine rings is 1. The predicted octanol–water partition coefficient (Wildman–Crippen LogP) is 4.42. The van der Waals surface area contributed by atoms with Gasteiger partial charge in [0, 0.05) is 31.7 Å². The topological polar surface area (TPSA) is 58.6 Å². The molecule has 0 bridgehead atoms. The summed E-state index contributed by atoms with van der Waals surface area (Å²) in [4.78, 5) is 26.8. The van der Waals surface area contributed by atoms with E-state index in [2.05, 4.69) is 34.5 Å². The molecular formula is C25H26N2O3S. The first kappa shape index (κ1) is 21.4. The van der Waals surface area contributed by atoms with Gasteiger partial charge in [-0.2, -0.15) is 0 Å². The highest BCUT2D eigenvalue weighted by atomic mass is 32.1. The molecule has 1 aromatic heterocycles. The lowest BCUT2D eigenvalue weighted by molar-refractivity contribution is -0.0293. The summed E-state index contributed by atoms with van der Waals surface area (Å²) < 4.78 is 6.00. The van der Waals surface area contributed by atoms with Crippen LogP contribution in [0.2, 0.25) is 0 Å². The zero-order chi connectivity index (χ0) is 21.6. The summed E-state index contributed by atoms with van der Waals surface area (Å²) in [6.45, 7) is 5.34. The van der Waals surface area contributed by atoms with Gasteiger partial charge < -0.3 is 10.1 Å². The Balaban J connectivity index is 1.33. The van der Waals surface area contributed by atoms with Crippen LogP contribution < -0.4 is 5.32 Å². The van der Waals surface area contributed by atoms with Crippen molar-refractivity contribution in [3.05, 3.63) is 82.0 Å². The average Bonchev–Trinajstić information content (AvgIpc) is 3.35. The van der Waals surface area contributed by atoms with E-state index in [9.17, 15) is 9.59 Å². The number of benzene rings is 2. The van der Waals surface area contributed by atoms with E-state index in [0.717, 1.165) is 46.8 Å². The minimum Gasteiger partial charge on any atom is -0.371 e. The second-order valence-electron chi connectivity index (χ2n) is 7.65. The van der Waals surface area contributed by atoms with E-state index in [0.29, 0.717) is 13.2 Å². The van der Waals surface area contributed by atoms with Crippen molar-refractivity contribution in [3.8, 4) is 11.1 Å². The molecule has 0 aliphatic carbocycles. The lowest BCUT2D eigenvalue weighted by Crippen LogP contribution is -2.42. The number of hydrogen-bond acceptors (Lipinski definition) is 5. The molecule has 4 rings (SSSR count). The normalized spacial score (nSPS) is 16.7. The van der Waals surface area contributed by atoms with Gasteiger partial charge in [0.1, 0.15) is 0 Å². The van der Waals surface area contributed by atoms with E-state index in [4.69, 9.17) is 4.74 Å². The quantitative estimate of drug-likeness (QED) is 0.559. The molecule has 2 heterocycles. The number of rotatable bonds is 7. The fraction of sp³-hybridized carbons (Fsp3) is 0.280. The molecule has 1 aliphatic heterocycles. The van der Waals surface area contributed by atoms with Crippen molar-refractivity contribution in [1.29, 1.82) is 0 Å². The molecule has 1 N–H and O–H groups in total. The number of carbonyl (C=O) groups is 2. The Morgan fingerprint density at radius 3 is 2.68 bits per heavy atom. The molecule has 160 valence electrons. The summed E-state index contributed by atoms with van der Waals surface area (Å²) >= 11 is 1.45. The first-order valence-electron chi connectivity index (χ1n) is 10.5. The third-order valence-corrected chi connectivity index (χ3v) is 6.36. The van der Waals surface area contributed by atoms with E-state index < -0.39 is 0 Å². The first-order chi connectivity index (χ1) is 15.1. The standard InChI is InChI=1S/C25H26N2O3S/c1-18(28)21-4-2-5-22(16-21)19-7-9-20(10-8-19)23-17-27(13-14-30-23)12-11-26-25(29)24-6-3-15-31-24/h2-10,15-16,23H,11-14,17H2,1H3,(H,26,29). The summed E-state index contributed by atoms with van der Waals surface area (Å²) in [5.41, 5.74) is 3.97. The highest BCUT2D eigenvalue weighted by Gasteiger charge is 2.22. The zero-order valence-electron chi connectivity index (χ0n) is 17.5. The van der Waals surface area contributed by atoms with Crippen LogP contribution in [0.15, 0.2) is 66.0 Å². The third-order valence-electron chi connectivity index (χ3n) is 5.49. The highest BCUT2D eigenvalue weighted by molar-refractivity contribution is 7.12. The fourth-order valence-corrected chi connectivity index (χ4v) is 4.38. The highest BCUT2D eigenvalue weighted by Crippen LogP contribution is 2.26. The number of thiophene rings is 1. The van der Waals surface area contributed by atoms with E-state index >= 15 is 0 Å². The van der Waals surface area contributed by atoms with E-state index in [-0.39, 0.29) is 17.8 Å². The number of amides is 1. The van der Waals surface area contributed by atoms with Gasteiger partial charge in [-0.1, -0.05) is 48.5 Å². The molecule has 3 aromatic rings. The molecule has 1 fully saturated rings. The van der Waals surface area contributed by atoms with Crippen LogP contribution >= 0.6 is 11.3 Å². The van der Waals surface area contributed by atoms with Crippen molar-refractivity contribution in [2.24, 2.45) is 0 Å². The number of ketones is 1. The molecule has 1 amide bonds. The molecule has 6 heteroatoms. The Kier molecular flexibility index (Phi) is 6.92. The van der Waals surface area contributed by atoms with Crippen LogP contribution in [0.4, 0.5) is 0 Å². The Labute approximate surface area is 186 Å². The van der Waals surface area contributed by atoms with Crippen molar-refractivity contribution in [1.82, 2.24) is 10.2 Å². The fourth-order valence-electron chi connectivity index (χ4n) is 3.74. The van der Waals surface area contributed by atoms with Crippen LogP contribution in [0, 0.1) is 0 Å². The molecule has 1 atom stereocenters. The zero-order valence-corrected chi connectivity index (χ0v) is 18.4. The molecule has 1 aliphatic rings. The number of hydrogen-bond donors (Lipinski definition) is 1. The van der Waals surface area contributed by atoms with Gasteiger partial charge in [-0.3, -0.25) is 14.5 Å². The van der Waals surface area contributed by atoms with E-state index in [1.807, 2.05) is 41.8 Å². The molecule has 1 saturated heterocycles. The monoisotopic (exact) mass is 434 g/mol. The molecule has 0 spiro atoms. The van der Waals surface area contributed by atoms with Crippen LogP contribution in [-0.2, 0) is 4.74 Å². The van der Waals surface area contributed by atoms with E-state index in [1.54, 1.807) is 6.92 Å². The Hall–Kier alpha value is -2.80. The van der Waals surface area contributed by atoms with Crippen LogP contribution in [0.5, 0.6) is 0 Å². The number of Topliss-reactive ketones (excluding diaryl/α,β-unsaturated/α-hetero) is 1. The number of nitrogens with zero attached hydrogens (tertiary/aromatic N) is 1. The molecule has 1 unspecified atom stereocenters. The van der Waals surface area contributed by atoms with Crippen molar-refractivity contribution < 1.29 is 14.3 Å². The number of ether oxygens (including phenoxy) is 1. The SMILES string of the molecule is CC(=O)c1cccc(-c2ccc(C3CN(CCNC(=O)c4cccs4)CCO3)cc2)c1. The molecule has 0 saturated carbocycles. The van der Waals surface area contributed by atoms with Crippen LogP contribution in [0.3, 0.4) is 0 Å². The van der Waals surface area contributed by atoms with Crippen LogP contribution in [-0.4, -0.2) is 49.4 Å². The largest absolute Gasteiger partial charge is 0.371 e. The second-order valence-corrected chi connectivity index (χ2v) is 8.60. The second kappa shape index (κ2) is 10.0. The summed E-state index contributed by atoms with van der Waals surface area (Å²) in [5.74, 6) is 0.0602. The van der Waals surface area contributed by atoms with Gasteiger partial charge in [0.15, 0.2) is 5.78 Å².